The molecule has 0 amide bonds. The van der Waals surface area contributed by atoms with Crippen molar-refractivity contribution in [2.75, 3.05) is 13.1 Å². The highest BCUT2D eigenvalue weighted by molar-refractivity contribution is 4.95. The number of hydrogen-bond donors (Lipinski definition) is 1. The van der Waals surface area contributed by atoms with Crippen LogP contribution in [0.2, 0.25) is 0 Å². The summed E-state index contributed by atoms with van der Waals surface area (Å²) < 4.78 is 1.76. The van der Waals surface area contributed by atoms with Crippen molar-refractivity contribution in [1.29, 1.82) is 0 Å². The van der Waals surface area contributed by atoms with Gasteiger partial charge in [-0.2, -0.15) is 0 Å². The minimum absolute atomic E-state index is 0.566. The minimum atomic E-state index is 0.566. The summed E-state index contributed by atoms with van der Waals surface area (Å²) in [5.41, 5.74) is 1.05. The minimum Gasteiger partial charge on any atom is -0.314 e. The highest BCUT2D eigenvalue weighted by atomic mass is 15.4. The van der Waals surface area contributed by atoms with Gasteiger partial charge in [0.15, 0.2) is 0 Å². The SMILES string of the molecule is CC1CNCC(C)N1Cc1cn(C)nn1. The zero-order valence-electron chi connectivity index (χ0n) is 9.64. The van der Waals surface area contributed by atoms with Gasteiger partial charge in [-0.05, 0) is 13.8 Å². The summed E-state index contributed by atoms with van der Waals surface area (Å²) in [7, 11) is 1.90. The van der Waals surface area contributed by atoms with E-state index < -0.39 is 0 Å². The van der Waals surface area contributed by atoms with E-state index in [9.17, 15) is 0 Å². The summed E-state index contributed by atoms with van der Waals surface area (Å²) in [4.78, 5) is 2.47. The molecular weight excluding hydrogens is 190 g/mol. The van der Waals surface area contributed by atoms with Gasteiger partial charge in [-0.1, -0.05) is 5.21 Å². The van der Waals surface area contributed by atoms with Crippen LogP contribution in [0.1, 0.15) is 19.5 Å². The molecule has 1 aliphatic heterocycles. The highest BCUT2D eigenvalue weighted by Crippen LogP contribution is 2.12. The van der Waals surface area contributed by atoms with E-state index >= 15 is 0 Å². The van der Waals surface area contributed by atoms with Gasteiger partial charge in [-0.15, -0.1) is 5.10 Å². The van der Waals surface area contributed by atoms with Gasteiger partial charge in [0.25, 0.3) is 0 Å². The number of hydrogen-bond acceptors (Lipinski definition) is 4. The van der Waals surface area contributed by atoms with Crippen molar-refractivity contribution in [2.24, 2.45) is 7.05 Å². The number of aromatic nitrogens is 3. The van der Waals surface area contributed by atoms with E-state index in [4.69, 9.17) is 0 Å². The lowest BCUT2D eigenvalue weighted by Gasteiger charge is -2.38. The summed E-state index contributed by atoms with van der Waals surface area (Å²) in [5.74, 6) is 0. The molecule has 2 rings (SSSR count). The average molecular weight is 209 g/mol. The lowest BCUT2D eigenvalue weighted by molar-refractivity contribution is 0.107. The van der Waals surface area contributed by atoms with E-state index in [1.807, 2.05) is 13.2 Å². The largest absolute Gasteiger partial charge is 0.314 e. The van der Waals surface area contributed by atoms with Crippen LogP contribution in [0.3, 0.4) is 0 Å². The zero-order valence-corrected chi connectivity index (χ0v) is 9.64. The molecule has 1 fully saturated rings. The Morgan fingerprint density at radius 3 is 2.60 bits per heavy atom. The quantitative estimate of drug-likeness (QED) is 0.744. The van der Waals surface area contributed by atoms with Gasteiger partial charge in [0.05, 0.1) is 5.69 Å². The van der Waals surface area contributed by atoms with Crippen LogP contribution in [0.5, 0.6) is 0 Å². The summed E-state index contributed by atoms with van der Waals surface area (Å²) in [6, 6.07) is 1.13. The Morgan fingerprint density at radius 2 is 2.07 bits per heavy atom. The summed E-state index contributed by atoms with van der Waals surface area (Å²) >= 11 is 0. The topological polar surface area (TPSA) is 46.0 Å². The molecule has 2 heterocycles. The molecule has 0 radical (unpaired) electrons. The Bertz CT molecular complexity index is 311. The fraction of sp³-hybridized carbons (Fsp3) is 0.800. The van der Waals surface area contributed by atoms with Crippen LogP contribution < -0.4 is 5.32 Å². The van der Waals surface area contributed by atoms with Gasteiger partial charge in [0, 0.05) is 45.0 Å². The third-order valence-electron chi connectivity index (χ3n) is 3.01. The lowest BCUT2D eigenvalue weighted by atomic mass is 10.1. The first kappa shape index (κ1) is 10.6. The van der Waals surface area contributed by atoms with Crippen LogP contribution in [0, 0.1) is 0 Å². The van der Waals surface area contributed by atoms with E-state index in [0.29, 0.717) is 12.1 Å². The lowest BCUT2D eigenvalue weighted by Crippen LogP contribution is -2.54. The van der Waals surface area contributed by atoms with Gasteiger partial charge < -0.3 is 5.32 Å². The molecule has 2 atom stereocenters. The van der Waals surface area contributed by atoms with Crippen LogP contribution in [0.4, 0.5) is 0 Å². The van der Waals surface area contributed by atoms with Crippen molar-refractivity contribution in [2.45, 2.75) is 32.5 Å². The van der Waals surface area contributed by atoms with Crippen LogP contribution in [0.25, 0.3) is 0 Å². The first-order valence-electron chi connectivity index (χ1n) is 5.48. The third-order valence-corrected chi connectivity index (χ3v) is 3.01. The van der Waals surface area contributed by atoms with Gasteiger partial charge in [0.2, 0.25) is 0 Å². The predicted molar refractivity (Wildman–Crippen MR) is 58.3 cm³/mol. The van der Waals surface area contributed by atoms with Gasteiger partial charge >= 0.3 is 0 Å². The Kier molecular flexibility index (Phi) is 3.02. The maximum atomic E-state index is 4.13. The van der Waals surface area contributed by atoms with Gasteiger partial charge in [-0.3, -0.25) is 9.58 Å². The summed E-state index contributed by atoms with van der Waals surface area (Å²) in [6.45, 7) is 7.52. The summed E-state index contributed by atoms with van der Waals surface area (Å²) in [6.07, 6.45) is 1.99. The highest BCUT2D eigenvalue weighted by Gasteiger charge is 2.24. The smallest absolute Gasteiger partial charge is 0.0967 e. The fourth-order valence-electron chi connectivity index (χ4n) is 2.14. The first-order chi connectivity index (χ1) is 7.16. The number of aryl methyl sites for hydroxylation is 1. The van der Waals surface area contributed by atoms with E-state index in [1.165, 1.54) is 0 Å². The molecule has 84 valence electrons. The summed E-state index contributed by atoms with van der Waals surface area (Å²) in [5, 5.41) is 11.5. The number of nitrogens with zero attached hydrogens (tertiary/aromatic N) is 4. The molecular formula is C10H19N5. The Balaban J connectivity index is 2.03. The maximum absolute atomic E-state index is 4.13. The van der Waals surface area contributed by atoms with Crippen LogP contribution in [0.15, 0.2) is 6.20 Å². The Labute approximate surface area is 90.5 Å². The molecule has 15 heavy (non-hydrogen) atoms. The molecule has 0 aromatic carbocycles. The fourth-order valence-corrected chi connectivity index (χ4v) is 2.14. The van der Waals surface area contributed by atoms with Crippen molar-refractivity contribution in [3.05, 3.63) is 11.9 Å². The maximum Gasteiger partial charge on any atom is 0.0967 e. The molecule has 2 unspecified atom stereocenters. The standard InChI is InChI=1S/C10H19N5/c1-8-4-11-5-9(2)15(8)7-10-6-14(3)13-12-10/h6,8-9,11H,4-5,7H2,1-3H3. The molecule has 0 bridgehead atoms. The second kappa shape index (κ2) is 4.28. The second-order valence-electron chi connectivity index (χ2n) is 4.41. The molecule has 1 saturated heterocycles. The molecule has 5 nitrogen and oxygen atoms in total. The molecule has 5 heteroatoms. The molecule has 1 aromatic heterocycles. The van der Waals surface area contributed by atoms with Gasteiger partial charge in [-0.25, -0.2) is 0 Å². The molecule has 0 aliphatic carbocycles. The normalized spacial score (nSPS) is 28.2. The van der Waals surface area contributed by atoms with Crippen molar-refractivity contribution in [3.8, 4) is 0 Å². The Morgan fingerprint density at radius 1 is 1.40 bits per heavy atom. The van der Waals surface area contributed by atoms with Crippen molar-refractivity contribution in [1.82, 2.24) is 25.2 Å². The van der Waals surface area contributed by atoms with E-state index in [1.54, 1.807) is 4.68 Å². The molecule has 1 aromatic rings. The average Bonchev–Trinajstić information content (AvgIpc) is 2.58. The van der Waals surface area contributed by atoms with Crippen LogP contribution in [-0.4, -0.2) is 45.1 Å². The van der Waals surface area contributed by atoms with Crippen molar-refractivity contribution >= 4 is 0 Å². The molecule has 1 aliphatic rings. The molecule has 0 spiro atoms. The van der Waals surface area contributed by atoms with E-state index in [0.717, 1.165) is 25.3 Å². The van der Waals surface area contributed by atoms with Crippen LogP contribution >= 0.6 is 0 Å². The number of rotatable bonds is 2. The monoisotopic (exact) mass is 209 g/mol. The van der Waals surface area contributed by atoms with E-state index in [-0.39, 0.29) is 0 Å². The van der Waals surface area contributed by atoms with Crippen LogP contribution in [-0.2, 0) is 13.6 Å². The van der Waals surface area contributed by atoms with Crippen molar-refractivity contribution < 1.29 is 0 Å². The number of nitrogens with one attached hydrogen (secondary N) is 1. The second-order valence-corrected chi connectivity index (χ2v) is 4.41. The predicted octanol–water partition coefficient (Wildman–Crippen LogP) is -0.00270. The third kappa shape index (κ3) is 2.35. The van der Waals surface area contributed by atoms with Crippen molar-refractivity contribution in [3.63, 3.8) is 0 Å². The number of piperazine rings is 1. The molecule has 1 N–H and O–H groups in total. The molecule has 0 saturated carbocycles. The first-order valence-corrected chi connectivity index (χ1v) is 5.48. The Hall–Kier alpha value is -0.940. The van der Waals surface area contributed by atoms with Gasteiger partial charge in [0.1, 0.15) is 0 Å². The van der Waals surface area contributed by atoms with E-state index in [2.05, 4.69) is 34.4 Å². The zero-order chi connectivity index (χ0) is 10.8.